The summed E-state index contributed by atoms with van der Waals surface area (Å²) in [5, 5.41) is 5.21. The Hall–Kier alpha value is -0.420. The lowest BCUT2D eigenvalue weighted by Gasteiger charge is -2.04. The molecule has 1 aromatic heterocycles. The van der Waals surface area contributed by atoms with Crippen molar-refractivity contribution in [3.05, 3.63) is 49.3 Å². The van der Waals surface area contributed by atoms with Crippen LogP contribution in [-0.4, -0.2) is 4.98 Å². The van der Waals surface area contributed by atoms with E-state index in [1.54, 1.807) is 11.3 Å². The van der Waals surface area contributed by atoms with Gasteiger partial charge in [-0.2, -0.15) is 0 Å². The van der Waals surface area contributed by atoms with E-state index < -0.39 is 0 Å². The van der Waals surface area contributed by atoms with E-state index in [4.69, 9.17) is 11.6 Å². The van der Waals surface area contributed by atoms with Crippen LogP contribution < -0.4 is 5.32 Å². The maximum Gasteiger partial charge on any atom is 0.107 e. The molecule has 2 nitrogen and oxygen atoms in total. The Labute approximate surface area is 118 Å². The molecule has 0 amide bonds. The van der Waals surface area contributed by atoms with Crippen molar-refractivity contribution in [2.75, 3.05) is 0 Å². The van der Waals surface area contributed by atoms with E-state index >= 15 is 0 Å². The summed E-state index contributed by atoms with van der Waals surface area (Å²) in [6, 6.07) is 5.98. The lowest BCUT2D eigenvalue weighted by atomic mass is 10.2. The SMILES string of the molecule is Cc1cnc(CNCc2ccc(Br)c(Cl)c2)s1. The average molecular weight is 332 g/mol. The van der Waals surface area contributed by atoms with E-state index in [0.29, 0.717) is 0 Å². The molecule has 2 rings (SSSR count). The minimum absolute atomic E-state index is 0.745. The van der Waals surface area contributed by atoms with Crippen LogP contribution in [0.3, 0.4) is 0 Å². The maximum absolute atomic E-state index is 6.03. The molecule has 0 unspecified atom stereocenters. The van der Waals surface area contributed by atoms with Crippen molar-refractivity contribution >= 4 is 38.9 Å². The van der Waals surface area contributed by atoms with Gasteiger partial charge in [0.1, 0.15) is 5.01 Å². The van der Waals surface area contributed by atoms with Gasteiger partial charge in [-0.25, -0.2) is 4.98 Å². The summed E-state index contributed by atoms with van der Waals surface area (Å²) in [5.74, 6) is 0. The van der Waals surface area contributed by atoms with Crippen LogP contribution in [0, 0.1) is 6.92 Å². The summed E-state index contributed by atoms with van der Waals surface area (Å²) in [6.45, 7) is 3.66. The molecule has 0 radical (unpaired) electrons. The molecule has 1 heterocycles. The predicted octanol–water partition coefficient (Wildman–Crippen LogP) is 4.16. The van der Waals surface area contributed by atoms with Crippen molar-refractivity contribution in [1.29, 1.82) is 0 Å². The van der Waals surface area contributed by atoms with Gasteiger partial charge in [-0.05, 0) is 40.5 Å². The highest BCUT2D eigenvalue weighted by Gasteiger charge is 2.01. The fourth-order valence-electron chi connectivity index (χ4n) is 1.45. The van der Waals surface area contributed by atoms with E-state index in [0.717, 1.165) is 27.6 Å². The highest BCUT2D eigenvalue weighted by molar-refractivity contribution is 9.10. The topological polar surface area (TPSA) is 24.9 Å². The van der Waals surface area contributed by atoms with Gasteiger partial charge in [0.25, 0.3) is 0 Å². The minimum Gasteiger partial charge on any atom is -0.306 e. The Morgan fingerprint density at radius 1 is 1.41 bits per heavy atom. The van der Waals surface area contributed by atoms with Gasteiger partial charge < -0.3 is 5.32 Å². The summed E-state index contributed by atoms with van der Waals surface area (Å²) in [6.07, 6.45) is 1.90. The Bertz CT molecular complexity index is 513. The summed E-state index contributed by atoms with van der Waals surface area (Å²) >= 11 is 11.1. The fraction of sp³-hybridized carbons (Fsp3) is 0.250. The van der Waals surface area contributed by atoms with E-state index in [9.17, 15) is 0 Å². The molecule has 17 heavy (non-hydrogen) atoms. The second-order valence-electron chi connectivity index (χ2n) is 3.72. The summed E-state index contributed by atoms with van der Waals surface area (Å²) in [5.41, 5.74) is 1.17. The summed E-state index contributed by atoms with van der Waals surface area (Å²) < 4.78 is 0.929. The van der Waals surface area contributed by atoms with Crippen LogP contribution in [0.5, 0.6) is 0 Å². The number of nitrogens with one attached hydrogen (secondary N) is 1. The molecule has 5 heteroatoms. The highest BCUT2D eigenvalue weighted by atomic mass is 79.9. The predicted molar refractivity (Wildman–Crippen MR) is 76.5 cm³/mol. The molecule has 0 aliphatic rings. The van der Waals surface area contributed by atoms with Crippen molar-refractivity contribution in [2.24, 2.45) is 0 Å². The zero-order chi connectivity index (χ0) is 12.3. The quantitative estimate of drug-likeness (QED) is 0.910. The molecule has 0 bridgehead atoms. The number of aromatic nitrogens is 1. The third-order valence-electron chi connectivity index (χ3n) is 2.26. The number of aryl methyl sites for hydroxylation is 1. The summed E-state index contributed by atoms with van der Waals surface area (Å²) in [7, 11) is 0. The van der Waals surface area contributed by atoms with Gasteiger partial charge in [0.2, 0.25) is 0 Å². The van der Waals surface area contributed by atoms with Gasteiger partial charge in [-0.15, -0.1) is 11.3 Å². The van der Waals surface area contributed by atoms with Crippen LogP contribution >= 0.6 is 38.9 Å². The highest BCUT2D eigenvalue weighted by Crippen LogP contribution is 2.23. The zero-order valence-electron chi connectivity index (χ0n) is 9.34. The third kappa shape index (κ3) is 3.78. The molecular formula is C12H12BrClN2S. The van der Waals surface area contributed by atoms with Gasteiger partial charge in [0.15, 0.2) is 0 Å². The van der Waals surface area contributed by atoms with Crippen molar-refractivity contribution < 1.29 is 0 Å². The molecule has 0 saturated heterocycles. The van der Waals surface area contributed by atoms with Crippen LogP contribution in [0.2, 0.25) is 5.02 Å². The molecule has 0 spiro atoms. The molecule has 0 saturated carbocycles. The molecule has 2 aromatic rings. The zero-order valence-corrected chi connectivity index (χ0v) is 12.5. The molecule has 90 valence electrons. The van der Waals surface area contributed by atoms with E-state index in [2.05, 4.69) is 39.2 Å². The van der Waals surface area contributed by atoms with E-state index in [1.165, 1.54) is 10.4 Å². The number of hydrogen-bond donors (Lipinski definition) is 1. The van der Waals surface area contributed by atoms with Crippen molar-refractivity contribution in [1.82, 2.24) is 10.3 Å². The molecule has 0 atom stereocenters. The van der Waals surface area contributed by atoms with Crippen LogP contribution in [-0.2, 0) is 13.1 Å². The Morgan fingerprint density at radius 2 is 2.24 bits per heavy atom. The monoisotopic (exact) mass is 330 g/mol. The Morgan fingerprint density at radius 3 is 2.88 bits per heavy atom. The Balaban J connectivity index is 1.87. The second kappa shape index (κ2) is 5.96. The van der Waals surface area contributed by atoms with Gasteiger partial charge in [0.05, 0.1) is 5.02 Å². The van der Waals surface area contributed by atoms with E-state index in [1.807, 2.05) is 18.3 Å². The summed E-state index contributed by atoms with van der Waals surface area (Å²) in [4.78, 5) is 5.55. The van der Waals surface area contributed by atoms with Crippen LogP contribution in [0.4, 0.5) is 0 Å². The first-order chi connectivity index (χ1) is 8.15. The molecule has 0 aliphatic heterocycles. The first-order valence-electron chi connectivity index (χ1n) is 5.21. The number of halogens is 2. The normalized spacial score (nSPS) is 10.8. The number of hydrogen-bond acceptors (Lipinski definition) is 3. The second-order valence-corrected chi connectivity index (χ2v) is 6.30. The number of benzene rings is 1. The van der Waals surface area contributed by atoms with Crippen molar-refractivity contribution in [3.8, 4) is 0 Å². The first kappa shape index (κ1) is 13.0. The lowest BCUT2D eigenvalue weighted by Crippen LogP contribution is -2.12. The van der Waals surface area contributed by atoms with Gasteiger partial charge >= 0.3 is 0 Å². The average Bonchev–Trinajstić information content (AvgIpc) is 2.70. The molecule has 0 fully saturated rings. The van der Waals surface area contributed by atoms with Crippen molar-refractivity contribution in [2.45, 2.75) is 20.0 Å². The number of rotatable bonds is 4. The number of nitrogens with zero attached hydrogens (tertiary/aromatic N) is 1. The smallest absolute Gasteiger partial charge is 0.107 e. The van der Waals surface area contributed by atoms with Gasteiger partial charge in [-0.3, -0.25) is 0 Å². The molecule has 1 N–H and O–H groups in total. The largest absolute Gasteiger partial charge is 0.306 e. The fourth-order valence-corrected chi connectivity index (χ4v) is 2.65. The van der Waals surface area contributed by atoms with Gasteiger partial charge in [-0.1, -0.05) is 17.7 Å². The minimum atomic E-state index is 0.745. The molecule has 0 aliphatic carbocycles. The van der Waals surface area contributed by atoms with Crippen LogP contribution in [0.15, 0.2) is 28.9 Å². The third-order valence-corrected chi connectivity index (χ3v) is 4.40. The molecular weight excluding hydrogens is 320 g/mol. The van der Waals surface area contributed by atoms with Crippen LogP contribution in [0.25, 0.3) is 0 Å². The van der Waals surface area contributed by atoms with E-state index in [-0.39, 0.29) is 0 Å². The number of thiazole rings is 1. The van der Waals surface area contributed by atoms with Gasteiger partial charge in [0, 0.05) is 28.6 Å². The van der Waals surface area contributed by atoms with Crippen molar-refractivity contribution in [3.63, 3.8) is 0 Å². The standard InChI is InChI=1S/C12H12BrClN2S/c1-8-5-16-12(17-8)7-15-6-9-2-3-10(13)11(14)4-9/h2-5,15H,6-7H2,1H3. The van der Waals surface area contributed by atoms with Crippen LogP contribution in [0.1, 0.15) is 15.4 Å². The lowest BCUT2D eigenvalue weighted by molar-refractivity contribution is 0.690. The first-order valence-corrected chi connectivity index (χ1v) is 7.20. The Kier molecular flexibility index (Phi) is 4.56. The maximum atomic E-state index is 6.03. The molecule has 1 aromatic carbocycles.